The molecule has 0 aromatic heterocycles. The van der Waals surface area contributed by atoms with Gasteiger partial charge in [0.25, 0.3) is 11.7 Å². The number of hydrogen-bond donors (Lipinski definition) is 1. The van der Waals surface area contributed by atoms with Crippen LogP contribution in [0.5, 0.6) is 17.2 Å². The summed E-state index contributed by atoms with van der Waals surface area (Å²) < 4.78 is 16.8. The summed E-state index contributed by atoms with van der Waals surface area (Å²) in [5, 5.41) is 11.3. The van der Waals surface area contributed by atoms with Crippen LogP contribution in [0.4, 0.5) is 0 Å². The van der Waals surface area contributed by atoms with Crippen LogP contribution in [-0.2, 0) is 16.0 Å². The van der Waals surface area contributed by atoms with Crippen molar-refractivity contribution in [1.82, 2.24) is 4.90 Å². The summed E-state index contributed by atoms with van der Waals surface area (Å²) >= 11 is 0. The summed E-state index contributed by atoms with van der Waals surface area (Å²) in [5.74, 6) is 0.386. The second kappa shape index (κ2) is 9.57. The highest BCUT2D eigenvalue weighted by Crippen LogP contribution is 2.42. The highest BCUT2D eigenvalue weighted by atomic mass is 16.5. The Morgan fingerprint density at radius 2 is 1.97 bits per heavy atom. The Morgan fingerprint density at radius 3 is 2.70 bits per heavy atom. The average Bonchev–Trinajstić information content (AvgIpc) is 3.08. The molecule has 2 aromatic carbocycles. The molecule has 1 atom stereocenters. The van der Waals surface area contributed by atoms with Gasteiger partial charge in [-0.05, 0) is 67.6 Å². The Bertz CT molecular complexity index is 1110. The lowest BCUT2D eigenvalue weighted by molar-refractivity contribution is -0.139. The van der Waals surface area contributed by atoms with E-state index >= 15 is 0 Å². The SMILES string of the molecule is CCCN1C(=O)C(=O)/C(=C(/O)c2ccc3c(c2)CCCO3)C1c1ccc(OC)c(OCC)c1. The van der Waals surface area contributed by atoms with Crippen LogP contribution in [0.25, 0.3) is 5.76 Å². The van der Waals surface area contributed by atoms with E-state index in [-0.39, 0.29) is 11.3 Å². The van der Waals surface area contributed by atoms with E-state index < -0.39 is 17.7 Å². The zero-order valence-electron chi connectivity index (χ0n) is 19.2. The fraction of sp³-hybridized carbons (Fsp3) is 0.385. The fourth-order valence-corrected chi connectivity index (χ4v) is 4.49. The van der Waals surface area contributed by atoms with Crippen LogP contribution in [0.15, 0.2) is 42.0 Å². The first kappa shape index (κ1) is 22.7. The molecule has 4 rings (SSSR count). The number of hydrogen-bond acceptors (Lipinski definition) is 6. The normalized spacial score (nSPS) is 19.2. The van der Waals surface area contributed by atoms with Crippen molar-refractivity contribution in [3.05, 3.63) is 58.7 Å². The lowest BCUT2D eigenvalue weighted by Gasteiger charge is -2.25. The summed E-state index contributed by atoms with van der Waals surface area (Å²) in [6, 6.07) is 9.98. The van der Waals surface area contributed by atoms with Gasteiger partial charge in [0.1, 0.15) is 11.5 Å². The number of Topliss-reactive ketones (excluding diaryl/α,β-unsaturated/α-hetero) is 1. The fourth-order valence-electron chi connectivity index (χ4n) is 4.49. The van der Waals surface area contributed by atoms with Gasteiger partial charge in [-0.15, -0.1) is 0 Å². The molecule has 33 heavy (non-hydrogen) atoms. The van der Waals surface area contributed by atoms with Crippen LogP contribution in [0.2, 0.25) is 0 Å². The molecule has 2 aliphatic rings. The molecule has 0 radical (unpaired) electrons. The number of carbonyl (C=O) groups is 2. The smallest absolute Gasteiger partial charge is 0.295 e. The average molecular weight is 452 g/mol. The zero-order valence-corrected chi connectivity index (χ0v) is 19.2. The van der Waals surface area contributed by atoms with Crippen molar-refractivity contribution in [2.45, 2.75) is 39.2 Å². The molecule has 0 spiro atoms. The van der Waals surface area contributed by atoms with Crippen molar-refractivity contribution in [1.29, 1.82) is 0 Å². The van der Waals surface area contributed by atoms with Crippen molar-refractivity contribution in [3.8, 4) is 17.2 Å². The number of aliphatic hydroxyl groups is 1. The van der Waals surface area contributed by atoms with Crippen molar-refractivity contribution < 1.29 is 28.9 Å². The molecule has 7 heteroatoms. The molecule has 2 heterocycles. The molecule has 1 amide bonds. The molecule has 7 nitrogen and oxygen atoms in total. The highest BCUT2D eigenvalue weighted by molar-refractivity contribution is 6.46. The van der Waals surface area contributed by atoms with Gasteiger partial charge in [-0.1, -0.05) is 13.0 Å². The molecular weight excluding hydrogens is 422 g/mol. The molecule has 0 saturated carbocycles. The molecule has 1 unspecified atom stereocenters. The number of nitrogens with zero attached hydrogens (tertiary/aromatic N) is 1. The largest absolute Gasteiger partial charge is 0.507 e. The predicted molar refractivity (Wildman–Crippen MR) is 124 cm³/mol. The number of ketones is 1. The third-order valence-corrected chi connectivity index (χ3v) is 5.99. The third-order valence-electron chi connectivity index (χ3n) is 5.99. The number of aliphatic hydroxyl groups excluding tert-OH is 1. The summed E-state index contributed by atoms with van der Waals surface area (Å²) in [4.78, 5) is 27.6. The number of carbonyl (C=O) groups excluding carboxylic acids is 2. The number of methoxy groups -OCH3 is 1. The predicted octanol–water partition coefficient (Wildman–Crippen LogP) is 4.25. The topological polar surface area (TPSA) is 85.3 Å². The van der Waals surface area contributed by atoms with E-state index in [2.05, 4.69) is 0 Å². The summed E-state index contributed by atoms with van der Waals surface area (Å²) in [6.07, 6.45) is 2.40. The molecule has 1 fully saturated rings. The summed E-state index contributed by atoms with van der Waals surface area (Å²) in [5.41, 5.74) is 2.23. The molecule has 0 aliphatic carbocycles. The van der Waals surface area contributed by atoms with E-state index in [1.807, 2.05) is 19.9 Å². The van der Waals surface area contributed by atoms with Crippen LogP contribution >= 0.6 is 0 Å². The van der Waals surface area contributed by atoms with E-state index in [9.17, 15) is 14.7 Å². The van der Waals surface area contributed by atoms with Crippen molar-refractivity contribution in [3.63, 3.8) is 0 Å². The number of rotatable bonds is 7. The number of aryl methyl sites for hydroxylation is 1. The second-order valence-electron chi connectivity index (χ2n) is 8.11. The van der Waals surface area contributed by atoms with Gasteiger partial charge in [0.05, 0.1) is 31.9 Å². The highest BCUT2D eigenvalue weighted by Gasteiger charge is 2.46. The van der Waals surface area contributed by atoms with E-state index in [0.29, 0.717) is 48.8 Å². The van der Waals surface area contributed by atoms with Crippen molar-refractivity contribution in [2.75, 3.05) is 26.9 Å². The quantitative estimate of drug-likeness (QED) is 0.385. The Kier molecular flexibility index (Phi) is 6.58. The molecule has 0 bridgehead atoms. The lowest BCUT2D eigenvalue weighted by Crippen LogP contribution is -2.30. The van der Waals surface area contributed by atoms with Crippen LogP contribution in [0, 0.1) is 0 Å². The number of amides is 1. The van der Waals surface area contributed by atoms with E-state index in [1.54, 1.807) is 37.4 Å². The van der Waals surface area contributed by atoms with Crippen LogP contribution in [0.3, 0.4) is 0 Å². The van der Waals surface area contributed by atoms with Crippen LogP contribution < -0.4 is 14.2 Å². The van der Waals surface area contributed by atoms with E-state index in [0.717, 1.165) is 24.2 Å². The van der Waals surface area contributed by atoms with Gasteiger partial charge in [0.15, 0.2) is 11.5 Å². The molecule has 1 saturated heterocycles. The third kappa shape index (κ3) is 4.15. The Hall–Kier alpha value is -3.48. The minimum absolute atomic E-state index is 0.0812. The van der Waals surface area contributed by atoms with Crippen molar-refractivity contribution >= 4 is 17.4 Å². The number of likely N-dealkylation sites (tertiary alicyclic amines) is 1. The Balaban J connectivity index is 1.85. The van der Waals surface area contributed by atoms with Gasteiger partial charge in [-0.3, -0.25) is 9.59 Å². The van der Waals surface area contributed by atoms with Crippen LogP contribution in [0.1, 0.15) is 49.4 Å². The first-order chi connectivity index (χ1) is 16.0. The first-order valence-corrected chi connectivity index (χ1v) is 11.3. The maximum atomic E-state index is 13.1. The summed E-state index contributed by atoms with van der Waals surface area (Å²) in [7, 11) is 1.56. The van der Waals surface area contributed by atoms with Gasteiger partial charge in [0.2, 0.25) is 0 Å². The molecule has 174 valence electrons. The molecule has 2 aliphatic heterocycles. The number of ether oxygens (including phenoxy) is 3. The standard InChI is InChI=1S/C26H29NO6/c1-4-12-27-23(17-8-11-20(31-3)21(15-17)32-5-2)22(25(29)26(27)30)24(28)18-9-10-19-16(14-18)7-6-13-33-19/h8-11,14-15,23,28H,4-7,12-13H2,1-3H3/b24-22+. The second-order valence-corrected chi connectivity index (χ2v) is 8.11. The van der Waals surface area contributed by atoms with Gasteiger partial charge in [0, 0.05) is 12.1 Å². The minimum atomic E-state index is -0.720. The van der Waals surface area contributed by atoms with E-state index in [4.69, 9.17) is 14.2 Å². The molecule has 1 N–H and O–H groups in total. The van der Waals surface area contributed by atoms with Gasteiger partial charge < -0.3 is 24.2 Å². The number of fused-ring (bicyclic) bond motifs is 1. The Labute approximate surface area is 193 Å². The van der Waals surface area contributed by atoms with Gasteiger partial charge in [-0.25, -0.2) is 0 Å². The van der Waals surface area contributed by atoms with Gasteiger partial charge in [-0.2, -0.15) is 0 Å². The van der Waals surface area contributed by atoms with Crippen molar-refractivity contribution in [2.24, 2.45) is 0 Å². The van der Waals surface area contributed by atoms with E-state index in [1.165, 1.54) is 4.90 Å². The zero-order chi connectivity index (χ0) is 23.5. The molecular formula is C26H29NO6. The minimum Gasteiger partial charge on any atom is -0.507 e. The maximum absolute atomic E-state index is 13.1. The maximum Gasteiger partial charge on any atom is 0.295 e. The molecule has 2 aromatic rings. The Morgan fingerprint density at radius 1 is 1.15 bits per heavy atom. The lowest BCUT2D eigenvalue weighted by atomic mass is 9.93. The summed E-state index contributed by atoms with van der Waals surface area (Å²) in [6.45, 7) is 5.31. The number of benzene rings is 2. The monoisotopic (exact) mass is 451 g/mol. The first-order valence-electron chi connectivity index (χ1n) is 11.3. The van der Waals surface area contributed by atoms with Gasteiger partial charge >= 0.3 is 0 Å². The van der Waals surface area contributed by atoms with Crippen LogP contribution in [-0.4, -0.2) is 48.6 Å².